The summed E-state index contributed by atoms with van der Waals surface area (Å²) in [5, 5.41) is 6.64. The van der Waals surface area contributed by atoms with Gasteiger partial charge in [0.05, 0.1) is 19.7 Å². The molecule has 9 heteroatoms. The maximum Gasteiger partial charge on any atom is 0.334 e. The molecule has 1 N–H and O–H groups in total. The molecule has 0 aliphatic carbocycles. The Kier molecular flexibility index (Phi) is 7.47. The van der Waals surface area contributed by atoms with Crippen LogP contribution in [0.2, 0.25) is 0 Å². The highest BCUT2D eigenvalue weighted by Crippen LogP contribution is 2.57. The number of likely N-dealkylation sites (N-methyl/N-ethyl adjacent to an activating group) is 1. The third kappa shape index (κ3) is 4.80. The number of fused-ring (bicyclic) bond motifs is 2. The molecule has 3 bridgehead atoms. The number of hydrogen-bond donors (Lipinski definition) is 1. The second kappa shape index (κ2) is 11.8. The quantitative estimate of drug-likeness (QED) is 0.444. The minimum absolute atomic E-state index is 0.00554. The molecule has 3 aromatic carbocycles. The van der Waals surface area contributed by atoms with Crippen molar-refractivity contribution in [3.05, 3.63) is 138 Å². The van der Waals surface area contributed by atoms with E-state index in [1.54, 1.807) is 17.1 Å². The summed E-state index contributed by atoms with van der Waals surface area (Å²) in [5.41, 5.74) is 3.85. The molecule has 6 atom stereocenters. The van der Waals surface area contributed by atoms with Gasteiger partial charge in [-0.15, -0.1) is 0 Å². The molecule has 4 unspecified atom stereocenters. The maximum atomic E-state index is 14.3. The number of urea groups is 1. The number of ether oxygens (including phenoxy) is 2. The van der Waals surface area contributed by atoms with Gasteiger partial charge in [0.1, 0.15) is 29.7 Å². The predicted octanol–water partition coefficient (Wildman–Crippen LogP) is 4.63. The number of nitrogens with zero attached hydrogens (tertiary/aromatic N) is 4. The van der Waals surface area contributed by atoms with Crippen LogP contribution in [0.3, 0.4) is 0 Å². The average Bonchev–Trinajstić information content (AvgIpc) is 3.18. The third-order valence-corrected chi connectivity index (χ3v) is 10.4. The van der Waals surface area contributed by atoms with E-state index >= 15 is 0 Å². The first kappa shape index (κ1) is 29.7. The van der Waals surface area contributed by atoms with E-state index in [2.05, 4.69) is 77.0 Å². The maximum absolute atomic E-state index is 14.3. The van der Waals surface area contributed by atoms with E-state index in [1.807, 2.05) is 60.5 Å². The molecular formula is C38H39N5O4. The molecule has 47 heavy (non-hydrogen) atoms. The van der Waals surface area contributed by atoms with Gasteiger partial charge >= 0.3 is 6.03 Å². The Hall–Kier alpha value is -4.70. The van der Waals surface area contributed by atoms with E-state index in [-0.39, 0.29) is 42.7 Å². The van der Waals surface area contributed by atoms with E-state index in [4.69, 9.17) is 9.47 Å². The molecule has 8 rings (SSSR count). The van der Waals surface area contributed by atoms with Gasteiger partial charge in [0.15, 0.2) is 0 Å². The molecule has 3 aromatic rings. The summed E-state index contributed by atoms with van der Waals surface area (Å²) in [6.07, 6.45) is 9.77. The molecule has 1 spiro atoms. The van der Waals surface area contributed by atoms with Crippen LogP contribution in [0, 0.1) is 0 Å². The van der Waals surface area contributed by atoms with Crippen LogP contribution in [-0.2, 0) is 16.1 Å². The Labute approximate surface area is 275 Å². The molecule has 5 heterocycles. The first-order valence-electron chi connectivity index (χ1n) is 16.3. The number of carbonyl (C=O) groups excluding carboxylic acids is 2. The molecule has 3 amide bonds. The number of hydrazine groups is 1. The molecule has 3 fully saturated rings. The van der Waals surface area contributed by atoms with Crippen LogP contribution in [0.5, 0.6) is 5.75 Å². The summed E-state index contributed by atoms with van der Waals surface area (Å²) >= 11 is 0. The van der Waals surface area contributed by atoms with Gasteiger partial charge < -0.3 is 19.7 Å². The summed E-state index contributed by atoms with van der Waals surface area (Å²) < 4.78 is 12.0. The van der Waals surface area contributed by atoms with Crippen molar-refractivity contribution < 1.29 is 19.1 Å². The van der Waals surface area contributed by atoms with Gasteiger partial charge in [0, 0.05) is 32.6 Å². The number of carbonyl (C=O) groups is 2. The summed E-state index contributed by atoms with van der Waals surface area (Å²) in [6.45, 7) is 1.64. The summed E-state index contributed by atoms with van der Waals surface area (Å²) in [7, 11) is 3.46. The summed E-state index contributed by atoms with van der Waals surface area (Å²) in [6, 6.07) is 27.9. The number of rotatable bonds is 5. The average molecular weight is 630 g/mol. The van der Waals surface area contributed by atoms with Crippen molar-refractivity contribution >= 4 is 11.9 Å². The van der Waals surface area contributed by atoms with Crippen LogP contribution in [0.15, 0.2) is 121 Å². The lowest BCUT2D eigenvalue weighted by Gasteiger charge is -2.69. The first-order chi connectivity index (χ1) is 23.0. The molecule has 240 valence electrons. The number of nitrogens with one attached hydrogen (secondary N) is 1. The zero-order chi connectivity index (χ0) is 32.1. The lowest BCUT2D eigenvalue weighted by Crippen LogP contribution is -2.85. The first-order valence-corrected chi connectivity index (χ1v) is 16.3. The Morgan fingerprint density at radius 2 is 1.66 bits per heavy atom. The fraction of sp³-hybridized carbons (Fsp3) is 0.316. The van der Waals surface area contributed by atoms with E-state index in [0.29, 0.717) is 13.1 Å². The predicted molar refractivity (Wildman–Crippen MR) is 178 cm³/mol. The monoisotopic (exact) mass is 629 g/mol. The van der Waals surface area contributed by atoms with Gasteiger partial charge in [-0.25, -0.2) is 14.8 Å². The van der Waals surface area contributed by atoms with Crippen molar-refractivity contribution in [2.24, 2.45) is 0 Å². The highest BCUT2D eigenvalue weighted by atomic mass is 16.5. The highest BCUT2D eigenvalue weighted by Gasteiger charge is 2.70. The number of piperazine rings is 1. The summed E-state index contributed by atoms with van der Waals surface area (Å²) in [5.74, 6) is 0.843. The minimum Gasteiger partial charge on any atom is -0.497 e. The van der Waals surface area contributed by atoms with Crippen molar-refractivity contribution in [3.63, 3.8) is 0 Å². The Morgan fingerprint density at radius 3 is 2.38 bits per heavy atom. The van der Waals surface area contributed by atoms with E-state index in [0.717, 1.165) is 23.4 Å². The van der Waals surface area contributed by atoms with Crippen LogP contribution in [0.25, 0.3) is 0 Å². The number of methoxy groups -OCH3 is 1. The standard InChI is InChI=1S/C38H39N5O4/c1-40-25-35(44)42-34(43(40)37(45)39-22-26-17-19-30(46-2)20-18-26)24-41-23-31(27-11-5-3-6-12-27)29-15-9-10-16-32-38(41,33(21-29)47-32)36(42)28-13-7-4-8-14-28/h3-21,31-34,36H,22-25H2,1-2H3,(H,39,45)/b15-9?,16-10-/t31?,32?,33?,34-,36-,38?/m0/s1. The Bertz CT molecular complexity index is 1740. The smallest absolute Gasteiger partial charge is 0.334 e. The third-order valence-electron chi connectivity index (χ3n) is 10.4. The topological polar surface area (TPSA) is 77.6 Å². The van der Waals surface area contributed by atoms with Crippen molar-refractivity contribution in [2.45, 2.75) is 42.4 Å². The molecule has 5 aliphatic heterocycles. The molecule has 3 saturated heterocycles. The van der Waals surface area contributed by atoms with Crippen molar-refractivity contribution in [1.82, 2.24) is 25.1 Å². The molecular weight excluding hydrogens is 590 g/mol. The normalized spacial score (nSPS) is 30.5. The molecule has 0 saturated carbocycles. The largest absolute Gasteiger partial charge is 0.497 e. The highest BCUT2D eigenvalue weighted by molar-refractivity contribution is 5.83. The van der Waals surface area contributed by atoms with Crippen molar-refractivity contribution in [1.29, 1.82) is 0 Å². The Balaban J connectivity index is 1.22. The lowest BCUT2D eigenvalue weighted by molar-refractivity contribution is -0.287. The lowest BCUT2D eigenvalue weighted by atomic mass is 9.67. The zero-order valence-electron chi connectivity index (χ0n) is 26.6. The van der Waals surface area contributed by atoms with Crippen LogP contribution < -0.4 is 10.1 Å². The van der Waals surface area contributed by atoms with E-state index < -0.39 is 11.7 Å². The summed E-state index contributed by atoms with van der Waals surface area (Å²) in [4.78, 5) is 33.0. The second-order valence-electron chi connectivity index (χ2n) is 12.9. The molecule has 0 radical (unpaired) electrons. The number of hydrogen-bond acceptors (Lipinski definition) is 6. The Morgan fingerprint density at radius 1 is 0.936 bits per heavy atom. The van der Waals surface area contributed by atoms with Crippen LogP contribution in [-0.4, -0.2) is 89.5 Å². The van der Waals surface area contributed by atoms with E-state index in [9.17, 15) is 9.59 Å². The van der Waals surface area contributed by atoms with Gasteiger partial charge in [-0.1, -0.05) is 97.1 Å². The fourth-order valence-corrected chi connectivity index (χ4v) is 8.30. The van der Waals surface area contributed by atoms with Gasteiger partial charge in [-0.3, -0.25) is 9.69 Å². The van der Waals surface area contributed by atoms with Crippen LogP contribution in [0.4, 0.5) is 4.79 Å². The minimum atomic E-state index is -0.564. The SMILES string of the molecule is COc1ccc(CNC(=O)N2[C@H]3CN4CC(c5ccccc5)C5=CC6OC(/C=C\C=C5)C64[C@H](c4ccccc4)N3C(=O)CN2C)cc1. The van der Waals surface area contributed by atoms with E-state index in [1.165, 1.54) is 11.1 Å². The molecule has 0 aromatic heterocycles. The van der Waals surface area contributed by atoms with Gasteiger partial charge in [0.25, 0.3) is 0 Å². The number of allylic oxidation sites excluding steroid dienone is 3. The van der Waals surface area contributed by atoms with Gasteiger partial charge in [-0.2, -0.15) is 0 Å². The number of benzene rings is 3. The van der Waals surface area contributed by atoms with Crippen molar-refractivity contribution in [3.8, 4) is 5.75 Å². The van der Waals surface area contributed by atoms with Crippen LogP contribution in [0.1, 0.15) is 28.7 Å². The van der Waals surface area contributed by atoms with Gasteiger partial charge in [0.2, 0.25) is 5.91 Å². The second-order valence-corrected chi connectivity index (χ2v) is 12.9. The fourth-order valence-electron chi connectivity index (χ4n) is 8.30. The molecule has 5 aliphatic rings. The van der Waals surface area contributed by atoms with Gasteiger partial charge in [-0.05, 0) is 40.5 Å². The number of amides is 3. The zero-order valence-corrected chi connectivity index (χ0v) is 26.6. The van der Waals surface area contributed by atoms with Crippen LogP contribution >= 0.6 is 0 Å². The molecule has 9 nitrogen and oxygen atoms in total. The van der Waals surface area contributed by atoms with Crippen molar-refractivity contribution in [2.75, 3.05) is 33.8 Å².